The van der Waals surface area contributed by atoms with E-state index in [1.807, 2.05) is 0 Å². The number of H-pyrrole nitrogens is 1. The Morgan fingerprint density at radius 2 is 2.44 bits per heavy atom. The molecule has 2 N–H and O–H groups in total. The van der Waals surface area contributed by atoms with Crippen LogP contribution >= 0.6 is 11.6 Å². The number of carboxylic acid groups (broad SMARTS) is 1. The van der Waals surface area contributed by atoms with E-state index >= 15 is 0 Å². The van der Waals surface area contributed by atoms with Crippen molar-refractivity contribution in [2.24, 2.45) is 0 Å². The number of hydrogen-bond donors (Lipinski definition) is 2. The average molecular weight is 244 g/mol. The molecule has 2 heterocycles. The highest BCUT2D eigenvalue weighted by atomic mass is 35.5. The minimum absolute atomic E-state index is 0.215. The van der Waals surface area contributed by atoms with E-state index < -0.39 is 12.0 Å². The lowest BCUT2D eigenvalue weighted by atomic mass is 10.0. The zero-order chi connectivity index (χ0) is 11.7. The molecule has 0 spiro atoms. The van der Waals surface area contributed by atoms with Crippen molar-refractivity contribution in [1.82, 2.24) is 14.9 Å². The number of carbonyl (C=O) groups is 2. The predicted molar refractivity (Wildman–Crippen MR) is 55.0 cm³/mol. The zero-order valence-corrected chi connectivity index (χ0v) is 9.07. The number of aliphatic carboxylic acids is 1. The van der Waals surface area contributed by atoms with Crippen LogP contribution < -0.4 is 0 Å². The summed E-state index contributed by atoms with van der Waals surface area (Å²) in [5.74, 6) is -1.63. The first-order chi connectivity index (χ1) is 7.63. The Hall–Kier alpha value is -1.56. The number of carboxylic acids is 1. The Kier molecular flexibility index (Phi) is 2.82. The van der Waals surface area contributed by atoms with Crippen LogP contribution in [0.3, 0.4) is 0 Å². The summed E-state index contributed by atoms with van der Waals surface area (Å²) in [5, 5.41) is 9.04. The molecule has 0 radical (unpaired) electrons. The van der Waals surface area contributed by atoms with Crippen molar-refractivity contribution in [3.63, 3.8) is 0 Å². The minimum atomic E-state index is -1.04. The van der Waals surface area contributed by atoms with Crippen molar-refractivity contribution in [1.29, 1.82) is 0 Å². The van der Waals surface area contributed by atoms with Crippen molar-refractivity contribution in [2.45, 2.75) is 19.0 Å². The van der Waals surface area contributed by atoms with Gasteiger partial charge in [0.25, 0.3) is 0 Å². The monoisotopic (exact) mass is 243 g/mol. The molecule has 86 valence electrons. The number of halogens is 1. The largest absolute Gasteiger partial charge is 0.480 e. The second kappa shape index (κ2) is 4.13. The molecule has 1 aliphatic heterocycles. The van der Waals surface area contributed by atoms with E-state index in [0.717, 1.165) is 5.69 Å². The molecular weight excluding hydrogens is 234 g/mol. The van der Waals surface area contributed by atoms with E-state index in [2.05, 4.69) is 9.97 Å². The summed E-state index contributed by atoms with van der Waals surface area (Å²) in [7, 11) is 0. The van der Waals surface area contributed by atoms with E-state index in [4.69, 9.17) is 16.7 Å². The van der Waals surface area contributed by atoms with Gasteiger partial charge >= 0.3 is 5.97 Å². The fourth-order valence-electron chi connectivity index (χ4n) is 1.80. The van der Waals surface area contributed by atoms with Gasteiger partial charge in [0, 0.05) is 6.42 Å². The SMILES string of the molecule is O=C(O)C1Cc2nc[nH]c2CN1C(=O)CCl. The lowest BCUT2D eigenvalue weighted by Crippen LogP contribution is -2.49. The second-order valence-corrected chi connectivity index (χ2v) is 3.81. The molecule has 2 rings (SSSR count). The Bertz CT molecular complexity index is 431. The van der Waals surface area contributed by atoms with E-state index in [0.29, 0.717) is 5.69 Å². The van der Waals surface area contributed by atoms with Gasteiger partial charge in [-0.2, -0.15) is 0 Å². The molecule has 0 aromatic carbocycles. The van der Waals surface area contributed by atoms with Crippen LogP contribution in [0.5, 0.6) is 0 Å². The van der Waals surface area contributed by atoms with Gasteiger partial charge in [-0.05, 0) is 0 Å². The van der Waals surface area contributed by atoms with Gasteiger partial charge in [-0.25, -0.2) is 9.78 Å². The number of imidazole rings is 1. The minimum Gasteiger partial charge on any atom is -0.480 e. The molecule has 1 aliphatic rings. The lowest BCUT2D eigenvalue weighted by Gasteiger charge is -2.31. The third-order valence-electron chi connectivity index (χ3n) is 2.62. The van der Waals surface area contributed by atoms with Crippen molar-refractivity contribution >= 4 is 23.5 Å². The number of nitrogens with one attached hydrogen (secondary N) is 1. The molecule has 0 saturated heterocycles. The Morgan fingerprint density at radius 1 is 1.69 bits per heavy atom. The van der Waals surface area contributed by atoms with Gasteiger partial charge < -0.3 is 15.0 Å². The van der Waals surface area contributed by atoms with Crippen molar-refractivity contribution in [2.75, 3.05) is 5.88 Å². The first kappa shape index (κ1) is 10.9. The highest BCUT2D eigenvalue weighted by Crippen LogP contribution is 2.21. The number of amides is 1. The van der Waals surface area contributed by atoms with Gasteiger partial charge in [0.2, 0.25) is 5.91 Å². The molecule has 1 aromatic rings. The second-order valence-electron chi connectivity index (χ2n) is 3.54. The number of alkyl halides is 1. The van der Waals surface area contributed by atoms with Gasteiger partial charge in [-0.3, -0.25) is 4.79 Å². The maximum atomic E-state index is 11.5. The maximum Gasteiger partial charge on any atom is 0.326 e. The topological polar surface area (TPSA) is 86.3 Å². The van der Waals surface area contributed by atoms with Crippen LogP contribution in [-0.4, -0.2) is 43.8 Å². The lowest BCUT2D eigenvalue weighted by molar-refractivity contribution is -0.150. The van der Waals surface area contributed by atoms with Gasteiger partial charge in [-0.15, -0.1) is 11.6 Å². The third-order valence-corrected chi connectivity index (χ3v) is 2.85. The fourth-order valence-corrected chi connectivity index (χ4v) is 1.95. The fraction of sp³-hybridized carbons (Fsp3) is 0.444. The summed E-state index contributed by atoms with van der Waals surface area (Å²) >= 11 is 5.45. The zero-order valence-electron chi connectivity index (χ0n) is 8.31. The third kappa shape index (κ3) is 1.76. The average Bonchev–Trinajstić information content (AvgIpc) is 2.73. The van der Waals surface area contributed by atoms with Crippen LogP contribution in [0.2, 0.25) is 0 Å². The highest BCUT2D eigenvalue weighted by molar-refractivity contribution is 6.27. The number of fused-ring (bicyclic) bond motifs is 1. The van der Waals surface area contributed by atoms with Crippen molar-refractivity contribution in [3.05, 3.63) is 17.7 Å². The molecule has 1 aromatic heterocycles. The van der Waals surface area contributed by atoms with Crippen LogP contribution in [0.1, 0.15) is 11.4 Å². The van der Waals surface area contributed by atoms with Crippen LogP contribution in [0.15, 0.2) is 6.33 Å². The summed E-state index contributed by atoms with van der Waals surface area (Å²) in [6, 6.07) is -0.873. The van der Waals surface area contributed by atoms with E-state index in [1.165, 1.54) is 11.2 Å². The molecule has 1 atom stereocenters. The number of carbonyl (C=O) groups excluding carboxylic acids is 1. The first-order valence-electron chi connectivity index (χ1n) is 4.73. The number of aromatic nitrogens is 2. The Labute approximate surface area is 96.2 Å². The highest BCUT2D eigenvalue weighted by Gasteiger charge is 2.35. The number of nitrogens with zero attached hydrogens (tertiary/aromatic N) is 2. The van der Waals surface area contributed by atoms with Crippen LogP contribution in [-0.2, 0) is 22.6 Å². The van der Waals surface area contributed by atoms with E-state index in [9.17, 15) is 9.59 Å². The molecule has 0 aliphatic carbocycles. The molecule has 0 bridgehead atoms. The number of hydrogen-bond acceptors (Lipinski definition) is 3. The molecule has 16 heavy (non-hydrogen) atoms. The van der Waals surface area contributed by atoms with Crippen molar-refractivity contribution in [3.8, 4) is 0 Å². The molecule has 0 fully saturated rings. The molecule has 6 nitrogen and oxygen atoms in total. The standard InChI is InChI=1S/C9H10ClN3O3/c10-2-8(14)13-3-6-5(11-4-12-6)1-7(13)9(15)16/h4,7H,1-3H2,(H,11,12)(H,15,16). The number of aromatic amines is 1. The molecular formula is C9H10ClN3O3. The maximum absolute atomic E-state index is 11.5. The quantitative estimate of drug-likeness (QED) is 0.715. The molecule has 1 unspecified atom stereocenters. The van der Waals surface area contributed by atoms with Crippen LogP contribution in [0, 0.1) is 0 Å². The van der Waals surface area contributed by atoms with Gasteiger partial charge in [-0.1, -0.05) is 0 Å². The van der Waals surface area contributed by atoms with Crippen LogP contribution in [0.4, 0.5) is 0 Å². The first-order valence-corrected chi connectivity index (χ1v) is 5.26. The summed E-state index contributed by atoms with van der Waals surface area (Å²) in [5.41, 5.74) is 1.47. The normalized spacial score (nSPS) is 19.3. The van der Waals surface area contributed by atoms with E-state index in [-0.39, 0.29) is 24.8 Å². The number of rotatable bonds is 2. The molecule has 0 saturated carbocycles. The summed E-state index contributed by atoms with van der Waals surface area (Å²) in [6.45, 7) is 0.220. The predicted octanol–water partition coefficient (Wildman–Crippen LogP) is -0.0136. The van der Waals surface area contributed by atoms with Gasteiger partial charge in [0.1, 0.15) is 11.9 Å². The Balaban J connectivity index is 2.30. The van der Waals surface area contributed by atoms with Gasteiger partial charge in [0.05, 0.1) is 24.3 Å². The smallest absolute Gasteiger partial charge is 0.326 e. The molecule has 1 amide bonds. The van der Waals surface area contributed by atoms with Crippen LogP contribution in [0.25, 0.3) is 0 Å². The van der Waals surface area contributed by atoms with E-state index in [1.54, 1.807) is 0 Å². The summed E-state index contributed by atoms with van der Waals surface area (Å²) in [4.78, 5) is 30.7. The Morgan fingerprint density at radius 3 is 3.06 bits per heavy atom. The van der Waals surface area contributed by atoms with Gasteiger partial charge in [0.15, 0.2) is 0 Å². The van der Waals surface area contributed by atoms with Crippen molar-refractivity contribution < 1.29 is 14.7 Å². The molecule has 7 heteroatoms. The summed E-state index contributed by atoms with van der Waals surface area (Å²) in [6.07, 6.45) is 1.72. The summed E-state index contributed by atoms with van der Waals surface area (Å²) < 4.78 is 0.